The Bertz CT molecular complexity index is 621. The quantitative estimate of drug-likeness (QED) is 0.780. The van der Waals surface area contributed by atoms with Gasteiger partial charge in [-0.15, -0.1) is 0 Å². The molecule has 2 aromatic heterocycles. The summed E-state index contributed by atoms with van der Waals surface area (Å²) in [5.41, 5.74) is 2.54. The van der Waals surface area contributed by atoms with Crippen molar-refractivity contribution in [1.29, 1.82) is 0 Å². The van der Waals surface area contributed by atoms with Crippen LogP contribution in [0.2, 0.25) is 0 Å². The molecule has 0 spiro atoms. The molecule has 0 saturated carbocycles. The first kappa shape index (κ1) is 13.6. The zero-order valence-corrected chi connectivity index (χ0v) is 12.2. The molecule has 0 unspecified atom stereocenters. The normalized spacial score (nSPS) is 11.8. The molecule has 0 aliphatic rings. The van der Waals surface area contributed by atoms with Gasteiger partial charge in [0.25, 0.3) is 0 Å². The molecule has 2 heterocycles. The predicted octanol–water partition coefficient (Wildman–Crippen LogP) is 2.77. The zero-order chi connectivity index (χ0) is 14.2. The molecule has 102 valence electrons. The Morgan fingerprint density at radius 1 is 1.42 bits per heavy atom. The molecule has 4 nitrogen and oxygen atoms in total. The van der Waals surface area contributed by atoms with Gasteiger partial charge in [-0.05, 0) is 44.9 Å². The standard InChI is InChI=1S/C15H20N2O2/c1-10-9-17(5)14-12(10)6-11(8-16-14)7-13(18)19-15(2,3)4/h6,8-9H,7H2,1-5H3. The van der Waals surface area contributed by atoms with Gasteiger partial charge >= 0.3 is 5.97 Å². The molecule has 0 aliphatic heterocycles. The summed E-state index contributed by atoms with van der Waals surface area (Å²) >= 11 is 0. The van der Waals surface area contributed by atoms with Gasteiger partial charge in [0.15, 0.2) is 0 Å². The van der Waals surface area contributed by atoms with Gasteiger partial charge in [-0.3, -0.25) is 4.79 Å². The lowest BCUT2D eigenvalue weighted by molar-refractivity contribution is -0.153. The van der Waals surface area contributed by atoms with Crippen molar-refractivity contribution in [1.82, 2.24) is 9.55 Å². The highest BCUT2D eigenvalue weighted by Gasteiger charge is 2.17. The van der Waals surface area contributed by atoms with Crippen LogP contribution in [0.3, 0.4) is 0 Å². The Kier molecular flexibility index (Phi) is 3.35. The summed E-state index contributed by atoms with van der Waals surface area (Å²) in [4.78, 5) is 16.2. The molecule has 0 bridgehead atoms. The highest BCUT2D eigenvalue weighted by molar-refractivity contribution is 5.82. The molecule has 2 aromatic rings. The molecule has 0 N–H and O–H groups in total. The molecular formula is C15H20N2O2. The highest BCUT2D eigenvalue weighted by Crippen LogP contribution is 2.19. The van der Waals surface area contributed by atoms with E-state index in [2.05, 4.69) is 4.98 Å². The van der Waals surface area contributed by atoms with Crippen LogP contribution in [-0.2, 0) is 23.0 Å². The average molecular weight is 260 g/mol. The van der Waals surface area contributed by atoms with Gasteiger partial charge in [0, 0.05) is 24.8 Å². The minimum atomic E-state index is -0.447. The Labute approximate surface area is 113 Å². The van der Waals surface area contributed by atoms with E-state index in [1.165, 1.54) is 0 Å². The van der Waals surface area contributed by atoms with Gasteiger partial charge in [0.1, 0.15) is 11.2 Å². The molecule has 0 aliphatic carbocycles. The van der Waals surface area contributed by atoms with E-state index < -0.39 is 5.60 Å². The maximum absolute atomic E-state index is 11.8. The molecule has 0 fully saturated rings. The number of carbonyl (C=O) groups excluding carboxylic acids is 1. The zero-order valence-electron chi connectivity index (χ0n) is 12.2. The van der Waals surface area contributed by atoms with Gasteiger partial charge in [-0.25, -0.2) is 4.98 Å². The molecule has 0 aromatic carbocycles. The first-order valence-corrected chi connectivity index (χ1v) is 6.39. The summed E-state index contributed by atoms with van der Waals surface area (Å²) in [7, 11) is 1.97. The Hall–Kier alpha value is -1.84. The number of carbonyl (C=O) groups is 1. The Balaban J connectivity index is 2.22. The van der Waals surface area contributed by atoms with Crippen LogP contribution in [0.4, 0.5) is 0 Å². The summed E-state index contributed by atoms with van der Waals surface area (Å²) in [5.74, 6) is -0.220. The Morgan fingerprint density at radius 2 is 2.11 bits per heavy atom. The van der Waals surface area contributed by atoms with E-state index in [4.69, 9.17) is 4.74 Å². The number of aryl methyl sites for hydroxylation is 2. The molecule has 0 radical (unpaired) electrons. The first-order chi connectivity index (χ1) is 8.76. The second kappa shape index (κ2) is 4.68. The monoisotopic (exact) mass is 260 g/mol. The minimum Gasteiger partial charge on any atom is -0.460 e. The summed E-state index contributed by atoms with van der Waals surface area (Å²) in [6.07, 6.45) is 4.04. The van der Waals surface area contributed by atoms with Gasteiger partial charge in [0.05, 0.1) is 6.42 Å². The second-order valence-electron chi connectivity index (χ2n) is 5.90. The lowest BCUT2D eigenvalue weighted by Crippen LogP contribution is -2.24. The number of ether oxygens (including phenoxy) is 1. The number of aromatic nitrogens is 2. The van der Waals surface area contributed by atoms with Crippen LogP contribution >= 0.6 is 0 Å². The van der Waals surface area contributed by atoms with Crippen LogP contribution in [0.25, 0.3) is 11.0 Å². The van der Waals surface area contributed by atoms with Crippen LogP contribution in [0, 0.1) is 6.92 Å². The number of esters is 1. The lowest BCUT2D eigenvalue weighted by atomic mass is 10.1. The van der Waals surface area contributed by atoms with Crippen LogP contribution in [0.1, 0.15) is 31.9 Å². The molecular weight excluding hydrogens is 240 g/mol. The van der Waals surface area contributed by atoms with Gasteiger partial charge in [-0.2, -0.15) is 0 Å². The average Bonchev–Trinajstić information content (AvgIpc) is 2.51. The van der Waals surface area contributed by atoms with E-state index in [1.807, 2.05) is 51.6 Å². The number of nitrogens with zero attached hydrogens (tertiary/aromatic N) is 2. The van der Waals surface area contributed by atoms with Crippen molar-refractivity contribution in [3.05, 3.63) is 29.6 Å². The third-order valence-corrected chi connectivity index (χ3v) is 2.84. The Morgan fingerprint density at radius 3 is 2.74 bits per heavy atom. The summed E-state index contributed by atoms with van der Waals surface area (Å²) in [6, 6.07) is 2.02. The molecule has 4 heteroatoms. The second-order valence-corrected chi connectivity index (χ2v) is 5.90. The number of hydrogen-bond donors (Lipinski definition) is 0. The van der Waals surface area contributed by atoms with E-state index in [1.54, 1.807) is 6.20 Å². The van der Waals surface area contributed by atoms with Crippen molar-refractivity contribution < 1.29 is 9.53 Å². The van der Waals surface area contributed by atoms with Crippen molar-refractivity contribution in [3.63, 3.8) is 0 Å². The first-order valence-electron chi connectivity index (χ1n) is 6.39. The van der Waals surface area contributed by atoms with Crippen LogP contribution in [-0.4, -0.2) is 21.1 Å². The summed E-state index contributed by atoms with van der Waals surface area (Å²) < 4.78 is 7.31. The third-order valence-electron chi connectivity index (χ3n) is 2.84. The van der Waals surface area contributed by atoms with E-state index in [0.717, 1.165) is 22.2 Å². The van der Waals surface area contributed by atoms with Crippen molar-refractivity contribution >= 4 is 17.0 Å². The van der Waals surface area contributed by atoms with Gasteiger partial charge < -0.3 is 9.30 Å². The number of fused-ring (bicyclic) bond motifs is 1. The molecule has 0 atom stereocenters. The maximum Gasteiger partial charge on any atom is 0.310 e. The predicted molar refractivity (Wildman–Crippen MR) is 75.0 cm³/mol. The van der Waals surface area contributed by atoms with E-state index >= 15 is 0 Å². The SMILES string of the molecule is Cc1cn(C)c2ncc(CC(=O)OC(C)(C)C)cc12. The van der Waals surface area contributed by atoms with Gasteiger partial charge in [0.2, 0.25) is 0 Å². The summed E-state index contributed by atoms with van der Waals surface area (Å²) in [5, 5.41) is 1.09. The number of pyridine rings is 1. The van der Waals surface area contributed by atoms with Crippen LogP contribution in [0.15, 0.2) is 18.5 Å². The topological polar surface area (TPSA) is 44.1 Å². The largest absolute Gasteiger partial charge is 0.460 e. The van der Waals surface area contributed by atoms with E-state index in [-0.39, 0.29) is 12.4 Å². The number of hydrogen-bond acceptors (Lipinski definition) is 3. The van der Waals surface area contributed by atoms with Crippen LogP contribution in [0.5, 0.6) is 0 Å². The fourth-order valence-corrected chi connectivity index (χ4v) is 2.13. The highest BCUT2D eigenvalue weighted by atomic mass is 16.6. The maximum atomic E-state index is 11.8. The molecule has 0 saturated heterocycles. The van der Waals surface area contributed by atoms with Crippen molar-refractivity contribution in [2.24, 2.45) is 7.05 Å². The van der Waals surface area contributed by atoms with Crippen molar-refractivity contribution in [2.45, 2.75) is 39.7 Å². The van der Waals surface area contributed by atoms with Gasteiger partial charge in [-0.1, -0.05) is 0 Å². The summed E-state index contributed by atoms with van der Waals surface area (Å²) in [6.45, 7) is 7.65. The lowest BCUT2D eigenvalue weighted by Gasteiger charge is -2.19. The van der Waals surface area contributed by atoms with Crippen LogP contribution < -0.4 is 0 Å². The molecule has 19 heavy (non-hydrogen) atoms. The third kappa shape index (κ3) is 3.13. The number of rotatable bonds is 2. The van der Waals surface area contributed by atoms with Crippen molar-refractivity contribution in [3.8, 4) is 0 Å². The fraction of sp³-hybridized carbons (Fsp3) is 0.467. The smallest absolute Gasteiger partial charge is 0.310 e. The minimum absolute atomic E-state index is 0.220. The van der Waals surface area contributed by atoms with E-state index in [0.29, 0.717) is 0 Å². The molecule has 2 rings (SSSR count). The molecule has 0 amide bonds. The fourth-order valence-electron chi connectivity index (χ4n) is 2.13. The van der Waals surface area contributed by atoms with E-state index in [9.17, 15) is 4.79 Å². The van der Waals surface area contributed by atoms with Crippen molar-refractivity contribution in [2.75, 3.05) is 0 Å².